The maximum absolute atomic E-state index is 13.9. The molecule has 0 unspecified atom stereocenters. The second-order valence-electron chi connectivity index (χ2n) is 10.5. The second-order valence-corrected chi connectivity index (χ2v) is 10.9. The molecule has 0 radical (unpaired) electrons. The number of morpholine rings is 1. The van der Waals surface area contributed by atoms with E-state index in [0.717, 1.165) is 56.1 Å². The van der Waals surface area contributed by atoms with E-state index >= 15 is 0 Å². The summed E-state index contributed by atoms with van der Waals surface area (Å²) in [4.78, 5) is 18.1. The minimum atomic E-state index is -0.135. The lowest BCUT2D eigenvalue weighted by Crippen LogP contribution is -2.37. The Morgan fingerprint density at radius 3 is 2.49 bits per heavy atom. The molecule has 1 saturated heterocycles. The summed E-state index contributed by atoms with van der Waals surface area (Å²) < 4.78 is 24.0. The van der Waals surface area contributed by atoms with Gasteiger partial charge in [0.2, 0.25) is 0 Å². The average molecular weight is 585 g/mol. The molecule has 1 amide bonds. The Morgan fingerprint density at radius 2 is 1.83 bits per heavy atom. The smallest absolute Gasteiger partial charge is 0.272 e. The number of hydrogen-bond acceptors (Lipinski definition) is 7. The van der Waals surface area contributed by atoms with Crippen LogP contribution in [0.2, 0.25) is 5.02 Å². The van der Waals surface area contributed by atoms with Gasteiger partial charge in [0.1, 0.15) is 22.9 Å². The Morgan fingerprint density at radius 1 is 1.05 bits per heavy atom. The van der Waals surface area contributed by atoms with Gasteiger partial charge in [0, 0.05) is 44.9 Å². The molecule has 1 fully saturated rings. The zero-order valence-electron chi connectivity index (χ0n) is 24.7. The number of benzene rings is 2. The van der Waals surface area contributed by atoms with Crippen molar-refractivity contribution in [2.24, 2.45) is 7.05 Å². The molecule has 0 spiro atoms. The van der Waals surface area contributed by atoms with Crippen LogP contribution in [0.5, 0.6) is 17.2 Å². The quantitative estimate of drug-likeness (QED) is 0.257. The first kappa shape index (κ1) is 30.7. The summed E-state index contributed by atoms with van der Waals surface area (Å²) >= 11 is 6.64. The van der Waals surface area contributed by atoms with Crippen LogP contribution >= 0.6 is 11.6 Å². The fourth-order valence-electron chi connectivity index (χ4n) is 4.80. The van der Waals surface area contributed by atoms with Crippen LogP contribution < -0.4 is 14.2 Å². The third kappa shape index (κ3) is 8.15. The van der Waals surface area contributed by atoms with Crippen LogP contribution in [-0.2, 0) is 24.9 Å². The van der Waals surface area contributed by atoms with Crippen molar-refractivity contribution in [3.8, 4) is 17.2 Å². The zero-order valence-corrected chi connectivity index (χ0v) is 25.4. The number of methoxy groups -OCH3 is 2. The van der Waals surface area contributed by atoms with E-state index in [9.17, 15) is 4.79 Å². The molecule has 2 heterocycles. The Hall–Kier alpha value is -3.27. The van der Waals surface area contributed by atoms with Crippen LogP contribution in [-0.4, -0.2) is 79.2 Å². The molecule has 222 valence electrons. The maximum atomic E-state index is 13.9. The van der Waals surface area contributed by atoms with Gasteiger partial charge in [-0.25, -0.2) is 0 Å². The van der Waals surface area contributed by atoms with Gasteiger partial charge in [-0.05, 0) is 48.2 Å². The monoisotopic (exact) mass is 584 g/mol. The number of aryl methyl sites for hydroxylation is 1. The summed E-state index contributed by atoms with van der Waals surface area (Å²) in [6.07, 6.45) is 0.910. The van der Waals surface area contributed by atoms with Gasteiger partial charge >= 0.3 is 0 Å². The molecular weight excluding hydrogens is 544 g/mol. The normalized spacial score (nSPS) is 13.8. The Labute approximate surface area is 247 Å². The Bertz CT molecular complexity index is 1310. The molecule has 2 aromatic carbocycles. The fraction of sp³-hybridized carbons (Fsp3) is 0.484. The number of amides is 1. The van der Waals surface area contributed by atoms with Gasteiger partial charge in [-0.1, -0.05) is 31.5 Å². The predicted octanol–water partition coefficient (Wildman–Crippen LogP) is 5.16. The third-order valence-corrected chi connectivity index (χ3v) is 7.50. The number of nitrogens with zero attached hydrogens (tertiary/aromatic N) is 4. The second kappa shape index (κ2) is 14.6. The van der Waals surface area contributed by atoms with Gasteiger partial charge in [0.15, 0.2) is 0 Å². The Kier molecular flexibility index (Phi) is 10.9. The SMILES string of the molecule is COc1ccc(CN(Cc2ccc(OCCCN3CCOCC3)c(Cl)c2)C(=O)c2cc(C(C)C)nn2C)c(OC)c1. The molecular formula is C31H41ClN4O5. The minimum absolute atomic E-state index is 0.135. The minimum Gasteiger partial charge on any atom is -0.497 e. The highest BCUT2D eigenvalue weighted by molar-refractivity contribution is 6.32. The van der Waals surface area contributed by atoms with Crippen molar-refractivity contribution in [3.05, 3.63) is 70.0 Å². The largest absolute Gasteiger partial charge is 0.497 e. The summed E-state index contributed by atoms with van der Waals surface area (Å²) in [5.41, 5.74) is 3.14. The van der Waals surface area contributed by atoms with E-state index in [-0.39, 0.29) is 11.8 Å². The lowest BCUT2D eigenvalue weighted by molar-refractivity contribution is 0.0358. The van der Waals surface area contributed by atoms with Crippen molar-refractivity contribution in [3.63, 3.8) is 0 Å². The van der Waals surface area contributed by atoms with Crippen molar-refractivity contribution in [2.45, 2.75) is 39.3 Å². The number of ether oxygens (including phenoxy) is 4. The fourth-order valence-corrected chi connectivity index (χ4v) is 5.05. The topological polar surface area (TPSA) is 78.3 Å². The van der Waals surface area contributed by atoms with E-state index in [1.54, 1.807) is 30.8 Å². The first-order valence-electron chi connectivity index (χ1n) is 14.0. The molecule has 1 aromatic heterocycles. The molecule has 10 heteroatoms. The van der Waals surface area contributed by atoms with Crippen LogP contribution in [0, 0.1) is 0 Å². The molecule has 4 rings (SSSR count). The number of rotatable bonds is 13. The van der Waals surface area contributed by atoms with Gasteiger partial charge in [-0.3, -0.25) is 14.4 Å². The average Bonchev–Trinajstić information content (AvgIpc) is 3.38. The van der Waals surface area contributed by atoms with Gasteiger partial charge in [-0.2, -0.15) is 5.10 Å². The van der Waals surface area contributed by atoms with E-state index in [4.69, 9.17) is 30.5 Å². The summed E-state index contributed by atoms with van der Waals surface area (Å²) in [5, 5.41) is 5.08. The van der Waals surface area contributed by atoms with Crippen LogP contribution in [0.3, 0.4) is 0 Å². The van der Waals surface area contributed by atoms with Gasteiger partial charge < -0.3 is 23.8 Å². The standard InChI is InChI=1S/C31H41ClN4O5/c1-22(2)27-19-28(34(3)33-27)31(37)36(21-24-8-9-25(38-4)18-30(24)39-5)20-23-7-10-29(26(32)17-23)41-14-6-11-35-12-15-40-16-13-35/h7-10,17-19,22H,6,11-16,20-21H2,1-5H3. The molecule has 0 N–H and O–H groups in total. The van der Waals surface area contributed by atoms with Crippen molar-refractivity contribution >= 4 is 17.5 Å². The molecule has 1 aliphatic rings. The number of hydrogen-bond donors (Lipinski definition) is 0. The molecule has 1 aliphatic heterocycles. The van der Waals surface area contributed by atoms with Crippen molar-refractivity contribution in [1.29, 1.82) is 0 Å². The molecule has 0 bridgehead atoms. The first-order valence-corrected chi connectivity index (χ1v) is 14.4. The number of halogens is 1. The van der Waals surface area contributed by atoms with E-state index in [0.29, 0.717) is 47.7 Å². The van der Waals surface area contributed by atoms with E-state index < -0.39 is 0 Å². The zero-order chi connectivity index (χ0) is 29.4. The van der Waals surface area contributed by atoms with E-state index in [1.807, 2.05) is 42.5 Å². The molecule has 0 atom stereocenters. The Balaban J connectivity index is 1.50. The molecule has 41 heavy (non-hydrogen) atoms. The van der Waals surface area contributed by atoms with Crippen molar-refractivity contribution in [1.82, 2.24) is 19.6 Å². The number of carbonyl (C=O) groups excluding carboxylic acids is 1. The first-order chi connectivity index (χ1) is 19.8. The molecule has 9 nitrogen and oxygen atoms in total. The van der Waals surface area contributed by atoms with Gasteiger partial charge in [-0.15, -0.1) is 0 Å². The summed E-state index contributed by atoms with van der Waals surface area (Å²) in [6, 6.07) is 13.2. The summed E-state index contributed by atoms with van der Waals surface area (Å²) in [5.74, 6) is 2.04. The third-order valence-electron chi connectivity index (χ3n) is 7.20. The van der Waals surface area contributed by atoms with Crippen molar-refractivity contribution in [2.75, 3.05) is 53.7 Å². The molecule has 0 saturated carbocycles. The van der Waals surface area contributed by atoms with E-state index in [2.05, 4.69) is 23.8 Å². The molecule has 0 aliphatic carbocycles. The summed E-state index contributed by atoms with van der Waals surface area (Å²) in [7, 11) is 5.02. The maximum Gasteiger partial charge on any atom is 0.272 e. The van der Waals surface area contributed by atoms with Crippen molar-refractivity contribution < 1.29 is 23.7 Å². The number of aromatic nitrogens is 2. The van der Waals surface area contributed by atoms with Crippen LogP contribution in [0.15, 0.2) is 42.5 Å². The van der Waals surface area contributed by atoms with Crippen LogP contribution in [0.4, 0.5) is 0 Å². The highest BCUT2D eigenvalue weighted by Gasteiger charge is 2.23. The summed E-state index contributed by atoms with van der Waals surface area (Å²) in [6.45, 7) is 9.84. The highest BCUT2D eigenvalue weighted by Crippen LogP contribution is 2.29. The number of carbonyl (C=O) groups is 1. The van der Waals surface area contributed by atoms with E-state index in [1.165, 1.54) is 0 Å². The van der Waals surface area contributed by atoms with Crippen LogP contribution in [0.1, 0.15) is 53.5 Å². The highest BCUT2D eigenvalue weighted by atomic mass is 35.5. The van der Waals surface area contributed by atoms with Crippen LogP contribution in [0.25, 0.3) is 0 Å². The van der Waals surface area contributed by atoms with Gasteiger partial charge in [0.25, 0.3) is 5.91 Å². The lowest BCUT2D eigenvalue weighted by atomic mass is 10.1. The lowest BCUT2D eigenvalue weighted by Gasteiger charge is -2.26. The predicted molar refractivity (Wildman–Crippen MR) is 159 cm³/mol. The van der Waals surface area contributed by atoms with Gasteiger partial charge in [0.05, 0.1) is 51.3 Å². The molecule has 3 aromatic rings.